The molecule has 2 amide bonds. The number of nitrogens with one attached hydrogen (secondary N) is 1. The van der Waals surface area contributed by atoms with Gasteiger partial charge in [0.15, 0.2) is 5.69 Å². The summed E-state index contributed by atoms with van der Waals surface area (Å²) < 4.78 is 0. The highest BCUT2D eigenvalue weighted by Crippen LogP contribution is 2.64. The van der Waals surface area contributed by atoms with Gasteiger partial charge in [-0.25, -0.2) is 10.1 Å². The van der Waals surface area contributed by atoms with Crippen molar-refractivity contribution < 1.29 is 20.0 Å². The number of benzene rings is 3. The van der Waals surface area contributed by atoms with Crippen LogP contribution in [-0.2, 0) is 15.0 Å². The first kappa shape index (κ1) is 18.4. The normalized spacial score (nSPS) is 28.9. The highest BCUT2D eigenvalue weighted by Gasteiger charge is 2.66. The molecule has 0 radical (unpaired) electrons. The summed E-state index contributed by atoms with van der Waals surface area (Å²) in [4.78, 5) is 28.8. The Morgan fingerprint density at radius 3 is 1.97 bits per heavy atom. The minimum absolute atomic E-state index is 0.118. The molecular weight excluding hydrogens is 392 g/mol. The second-order valence-electron chi connectivity index (χ2n) is 8.72. The molecule has 2 bridgehead atoms. The zero-order chi connectivity index (χ0) is 21.5. The predicted molar refractivity (Wildman–Crippen MR) is 113 cm³/mol. The molecule has 154 valence electrons. The Balaban J connectivity index is 1.55. The minimum atomic E-state index is -1.05. The molecule has 2 N–H and O–H groups in total. The fourth-order valence-electron chi connectivity index (χ4n) is 6.16. The molecular formula is C25H20N2O4. The summed E-state index contributed by atoms with van der Waals surface area (Å²) in [6, 6.07) is 22.2. The van der Waals surface area contributed by atoms with Crippen molar-refractivity contribution in [3.63, 3.8) is 0 Å². The quantitative estimate of drug-likeness (QED) is 0.501. The fourth-order valence-corrected chi connectivity index (χ4v) is 6.16. The molecule has 1 saturated heterocycles. The molecule has 0 saturated carbocycles. The van der Waals surface area contributed by atoms with Crippen LogP contribution in [0.2, 0.25) is 0 Å². The number of anilines is 1. The van der Waals surface area contributed by atoms with Gasteiger partial charge in [-0.3, -0.25) is 9.59 Å². The van der Waals surface area contributed by atoms with Crippen LogP contribution >= 0.6 is 0 Å². The summed E-state index contributed by atoms with van der Waals surface area (Å²) in [7, 11) is 0. The maximum absolute atomic E-state index is 13.8. The number of hydrogen-bond acceptors (Lipinski definition) is 4. The van der Waals surface area contributed by atoms with E-state index in [0.29, 0.717) is 5.69 Å². The van der Waals surface area contributed by atoms with Crippen molar-refractivity contribution in [3.05, 3.63) is 100 Å². The molecule has 1 fully saturated rings. The van der Waals surface area contributed by atoms with Gasteiger partial charge >= 0.3 is 0 Å². The molecule has 1 unspecified atom stereocenters. The number of rotatable bonds is 2. The van der Waals surface area contributed by atoms with Crippen molar-refractivity contribution in [1.29, 1.82) is 0 Å². The van der Waals surface area contributed by atoms with Gasteiger partial charge < -0.3 is 5.21 Å². The molecule has 1 aliphatic heterocycles. The van der Waals surface area contributed by atoms with Crippen molar-refractivity contribution in [1.82, 2.24) is 0 Å². The molecule has 3 aromatic carbocycles. The van der Waals surface area contributed by atoms with Crippen LogP contribution in [0.4, 0.5) is 11.4 Å². The number of quaternary nitrogens is 1. The first-order chi connectivity index (χ1) is 14.9. The molecule has 7 rings (SSSR count). The smallest absolute Gasteiger partial charge is 0.238 e. The Morgan fingerprint density at radius 1 is 0.871 bits per heavy atom. The Morgan fingerprint density at radius 2 is 1.42 bits per heavy atom. The summed E-state index contributed by atoms with van der Waals surface area (Å²) in [5.41, 5.74) is 4.41. The Labute approximate surface area is 178 Å². The SMILES string of the molecule is CC12c3ccccc3C(c3ccccc31)[C@@H]1C(=O)N(c3ccc([NH+]([O-])O)cc3)C(=O)[C@@H]12. The second kappa shape index (κ2) is 6.11. The molecule has 0 aromatic heterocycles. The molecule has 3 aromatic rings. The molecule has 4 aliphatic rings. The van der Waals surface area contributed by atoms with E-state index in [9.17, 15) is 20.0 Å². The van der Waals surface area contributed by atoms with Gasteiger partial charge in [0.1, 0.15) is 0 Å². The van der Waals surface area contributed by atoms with Gasteiger partial charge in [-0.05, 0) is 34.4 Å². The summed E-state index contributed by atoms with van der Waals surface area (Å²) in [5, 5.41) is 19.3. The fraction of sp³-hybridized carbons (Fsp3) is 0.200. The van der Waals surface area contributed by atoms with Crippen LogP contribution in [0.3, 0.4) is 0 Å². The molecule has 0 spiro atoms. The third-order valence-electron chi connectivity index (χ3n) is 7.42. The maximum atomic E-state index is 13.8. The second-order valence-corrected chi connectivity index (χ2v) is 8.72. The van der Waals surface area contributed by atoms with Crippen molar-refractivity contribution >= 4 is 23.2 Å². The van der Waals surface area contributed by atoms with Crippen LogP contribution in [0.1, 0.15) is 35.1 Å². The van der Waals surface area contributed by atoms with E-state index < -0.39 is 22.5 Å². The van der Waals surface area contributed by atoms with Crippen molar-refractivity contribution in [2.75, 3.05) is 4.90 Å². The first-order valence-electron chi connectivity index (χ1n) is 10.3. The topological polar surface area (TPSA) is 85.1 Å². The van der Waals surface area contributed by atoms with Crippen LogP contribution in [0.5, 0.6) is 0 Å². The largest absolute Gasteiger partial charge is 0.595 e. The number of carbonyl (C=O) groups is 2. The average molecular weight is 412 g/mol. The van der Waals surface area contributed by atoms with Crippen LogP contribution < -0.4 is 10.1 Å². The van der Waals surface area contributed by atoms with E-state index in [1.807, 2.05) is 24.3 Å². The predicted octanol–water partition coefficient (Wildman–Crippen LogP) is 2.66. The minimum Gasteiger partial charge on any atom is -0.595 e. The number of hydrogen-bond donors (Lipinski definition) is 2. The Kier molecular flexibility index (Phi) is 3.63. The van der Waals surface area contributed by atoms with Crippen LogP contribution in [0.15, 0.2) is 72.8 Å². The van der Waals surface area contributed by atoms with E-state index >= 15 is 0 Å². The first-order valence-corrected chi connectivity index (χ1v) is 10.3. The van der Waals surface area contributed by atoms with E-state index in [-0.39, 0.29) is 23.4 Å². The van der Waals surface area contributed by atoms with Crippen molar-refractivity contribution in [3.8, 4) is 0 Å². The van der Waals surface area contributed by atoms with Crippen molar-refractivity contribution in [2.45, 2.75) is 18.3 Å². The van der Waals surface area contributed by atoms with Crippen molar-refractivity contribution in [2.24, 2.45) is 11.8 Å². The lowest BCUT2D eigenvalue weighted by atomic mass is 9.48. The van der Waals surface area contributed by atoms with E-state index in [2.05, 4.69) is 31.2 Å². The molecule has 1 heterocycles. The van der Waals surface area contributed by atoms with Gasteiger partial charge in [-0.1, -0.05) is 55.5 Å². The van der Waals surface area contributed by atoms with Gasteiger partial charge in [0.2, 0.25) is 11.8 Å². The van der Waals surface area contributed by atoms with E-state index in [0.717, 1.165) is 22.3 Å². The maximum Gasteiger partial charge on any atom is 0.238 e. The summed E-state index contributed by atoms with van der Waals surface area (Å²) >= 11 is 0. The lowest BCUT2D eigenvalue weighted by molar-refractivity contribution is -0.991. The van der Waals surface area contributed by atoms with E-state index in [4.69, 9.17) is 0 Å². The third kappa shape index (κ3) is 2.16. The molecule has 3 aliphatic carbocycles. The van der Waals surface area contributed by atoms with Gasteiger partial charge in [0, 0.05) is 23.5 Å². The Hall–Kier alpha value is -3.32. The van der Waals surface area contributed by atoms with Gasteiger partial charge in [0.05, 0.1) is 17.5 Å². The summed E-state index contributed by atoms with van der Waals surface area (Å²) in [6.07, 6.45) is 0. The summed E-state index contributed by atoms with van der Waals surface area (Å²) in [5.74, 6) is -1.55. The molecule has 31 heavy (non-hydrogen) atoms. The summed E-state index contributed by atoms with van der Waals surface area (Å²) in [6.45, 7) is 2.08. The van der Waals surface area contributed by atoms with E-state index in [1.165, 1.54) is 17.0 Å². The lowest BCUT2D eigenvalue weighted by Crippen LogP contribution is -2.99. The number of imide groups is 1. The average Bonchev–Trinajstić information content (AvgIpc) is 3.06. The number of carbonyl (C=O) groups excluding carboxylic acids is 2. The number of amides is 2. The number of nitrogens with zero attached hydrogens (tertiary/aromatic N) is 1. The molecule has 6 heteroatoms. The van der Waals surface area contributed by atoms with Crippen LogP contribution in [0, 0.1) is 17.0 Å². The van der Waals surface area contributed by atoms with Crippen LogP contribution in [-0.4, -0.2) is 17.0 Å². The molecule has 3 atom stereocenters. The zero-order valence-corrected chi connectivity index (χ0v) is 16.8. The lowest BCUT2D eigenvalue weighted by Gasteiger charge is -2.52. The van der Waals surface area contributed by atoms with Gasteiger partial charge in [0.25, 0.3) is 0 Å². The standard InChI is InChI=1S/C25H20N2O4/c1-25-18-8-4-2-6-16(18)20(17-7-3-5-9-19(17)25)21-22(25)24(29)26(23(21)28)14-10-12-15(13-11-14)27(30)31/h2-13,20-22,27,30H,1H3/t20?,21-,22+,25?/m0/s1. The Bertz CT molecular complexity index is 1200. The monoisotopic (exact) mass is 412 g/mol. The molecule has 6 nitrogen and oxygen atoms in total. The zero-order valence-electron chi connectivity index (χ0n) is 16.8. The van der Waals surface area contributed by atoms with Crippen LogP contribution in [0.25, 0.3) is 0 Å². The van der Waals surface area contributed by atoms with Gasteiger partial charge in [-0.2, -0.15) is 5.23 Å². The van der Waals surface area contributed by atoms with Gasteiger partial charge in [-0.15, -0.1) is 0 Å². The highest BCUT2D eigenvalue weighted by molar-refractivity contribution is 6.23. The third-order valence-corrected chi connectivity index (χ3v) is 7.42. The highest BCUT2D eigenvalue weighted by atomic mass is 16.8. The van der Waals surface area contributed by atoms with E-state index in [1.54, 1.807) is 12.1 Å².